The van der Waals surface area contributed by atoms with E-state index in [9.17, 15) is 39.0 Å². The monoisotopic (exact) mass is 924 g/mol. The van der Waals surface area contributed by atoms with Gasteiger partial charge in [-0.3, -0.25) is 24.0 Å². The molecule has 356 valence electrons. The number of ether oxygens (including phenoxy) is 6. The standard InChI is InChI=1S/C50H56N2O15/c1-27-33(64-46(60)39(56)38(30-16-10-7-11-17-30)52-44(58)31-18-12-8-13-19-31)25-50(61)43(66-45(59)32-20-14-9-15-21-32)41-48(6,42(57)40(63-28(2)53)37(27)47(50,4)5)34(65-36(55)22-23-51)24-35-49(41,26-62-35)67-29(3)54/h7-21,33-35,38-41,43,56,61H,22-26,51H2,1-6H3,(H,52,58)/t33-,34-,35+,38-,39+,40+,41-,43-,48+,49-,50+/m0/s1. The van der Waals surface area contributed by atoms with Crippen LogP contribution in [0.25, 0.3) is 0 Å². The van der Waals surface area contributed by atoms with Gasteiger partial charge in [-0.2, -0.15) is 0 Å². The lowest BCUT2D eigenvalue weighted by atomic mass is 9.44. The Morgan fingerprint density at radius 1 is 0.836 bits per heavy atom. The van der Waals surface area contributed by atoms with Crippen LogP contribution in [0, 0.1) is 16.7 Å². The minimum atomic E-state index is -2.45. The molecule has 0 aromatic heterocycles. The maximum absolute atomic E-state index is 16.0. The number of aliphatic hydroxyl groups excluding tert-OH is 1. The van der Waals surface area contributed by atoms with E-state index in [1.807, 2.05) is 0 Å². The van der Waals surface area contributed by atoms with Gasteiger partial charge in [0.05, 0.1) is 36.0 Å². The first-order valence-corrected chi connectivity index (χ1v) is 22.1. The first-order valence-electron chi connectivity index (χ1n) is 22.1. The zero-order valence-corrected chi connectivity index (χ0v) is 38.1. The Hall–Kier alpha value is -6.27. The highest BCUT2D eigenvalue weighted by molar-refractivity contribution is 5.96. The smallest absolute Gasteiger partial charge is 0.338 e. The number of carbonyl (C=O) groups excluding carboxylic acids is 7. The number of ketones is 1. The molecule has 4 aliphatic rings. The van der Waals surface area contributed by atoms with E-state index in [1.165, 1.54) is 26.0 Å². The molecule has 3 aromatic rings. The first-order chi connectivity index (χ1) is 31.7. The van der Waals surface area contributed by atoms with Crippen molar-refractivity contribution in [3.8, 4) is 0 Å². The van der Waals surface area contributed by atoms with Crippen LogP contribution in [0.2, 0.25) is 0 Å². The van der Waals surface area contributed by atoms with Crippen molar-refractivity contribution in [3.63, 3.8) is 0 Å². The summed E-state index contributed by atoms with van der Waals surface area (Å²) in [7, 11) is 0. The highest BCUT2D eigenvalue weighted by Gasteiger charge is 2.79. The molecule has 7 rings (SSSR count). The number of hydrogen-bond acceptors (Lipinski definition) is 16. The predicted octanol–water partition coefficient (Wildman–Crippen LogP) is 3.64. The molecule has 67 heavy (non-hydrogen) atoms. The maximum atomic E-state index is 16.0. The number of fused-ring (bicyclic) bond motifs is 5. The van der Waals surface area contributed by atoms with E-state index in [2.05, 4.69) is 5.32 Å². The van der Waals surface area contributed by atoms with Crippen LogP contribution >= 0.6 is 0 Å². The summed E-state index contributed by atoms with van der Waals surface area (Å²) in [4.78, 5) is 98.2. The lowest BCUT2D eigenvalue weighted by Crippen LogP contribution is -2.82. The van der Waals surface area contributed by atoms with Gasteiger partial charge in [0.15, 0.2) is 23.6 Å². The van der Waals surface area contributed by atoms with Crippen LogP contribution < -0.4 is 11.1 Å². The molecule has 3 fully saturated rings. The lowest BCUT2D eigenvalue weighted by molar-refractivity contribution is -0.346. The predicted molar refractivity (Wildman–Crippen MR) is 235 cm³/mol. The number of aliphatic hydroxyl groups is 2. The number of amides is 1. The summed E-state index contributed by atoms with van der Waals surface area (Å²) in [5, 5.41) is 28.5. The minimum Gasteiger partial charge on any atom is -0.461 e. The molecular formula is C50H56N2O15. The van der Waals surface area contributed by atoms with Crippen molar-refractivity contribution in [2.24, 2.45) is 22.5 Å². The molecule has 11 atom stereocenters. The third-order valence-electron chi connectivity index (χ3n) is 14.1. The molecule has 3 aliphatic carbocycles. The molecule has 17 nitrogen and oxygen atoms in total. The second-order valence-corrected chi connectivity index (χ2v) is 18.4. The molecule has 0 spiro atoms. The second-order valence-electron chi connectivity index (χ2n) is 18.4. The van der Waals surface area contributed by atoms with E-state index in [0.717, 1.165) is 13.8 Å². The fourth-order valence-electron chi connectivity index (χ4n) is 10.7. The van der Waals surface area contributed by atoms with Gasteiger partial charge in [0.1, 0.15) is 30.0 Å². The molecule has 2 bridgehead atoms. The van der Waals surface area contributed by atoms with Gasteiger partial charge >= 0.3 is 29.8 Å². The molecule has 3 aromatic carbocycles. The van der Waals surface area contributed by atoms with Crippen LogP contribution in [-0.2, 0) is 52.4 Å². The van der Waals surface area contributed by atoms with Crippen molar-refractivity contribution in [2.75, 3.05) is 13.2 Å². The van der Waals surface area contributed by atoms with Crippen molar-refractivity contribution in [2.45, 2.75) is 115 Å². The summed E-state index contributed by atoms with van der Waals surface area (Å²) in [6, 6.07) is 22.8. The number of hydrogen-bond donors (Lipinski definition) is 4. The summed E-state index contributed by atoms with van der Waals surface area (Å²) in [6.07, 6.45) is -10.9. The van der Waals surface area contributed by atoms with Gasteiger partial charge in [-0.15, -0.1) is 0 Å². The zero-order valence-electron chi connectivity index (χ0n) is 38.1. The normalized spacial score (nSPS) is 30.3. The Bertz CT molecular complexity index is 2440. The lowest BCUT2D eigenvalue weighted by Gasteiger charge is -2.67. The Balaban J connectivity index is 1.42. The highest BCUT2D eigenvalue weighted by atomic mass is 16.6. The molecule has 1 aliphatic heterocycles. The molecular weight excluding hydrogens is 869 g/mol. The quantitative estimate of drug-likeness (QED) is 0.108. The zero-order chi connectivity index (χ0) is 48.6. The van der Waals surface area contributed by atoms with E-state index in [-0.39, 0.29) is 48.3 Å². The number of rotatable bonds is 13. The number of Topliss-reactive ketones (excluding diaryl/α,β-unsaturated/α-hetero) is 1. The van der Waals surface area contributed by atoms with E-state index >= 15 is 4.79 Å². The van der Waals surface area contributed by atoms with E-state index in [1.54, 1.807) is 92.7 Å². The van der Waals surface area contributed by atoms with Gasteiger partial charge in [-0.25, -0.2) is 9.59 Å². The van der Waals surface area contributed by atoms with E-state index < -0.39 is 119 Å². The third-order valence-corrected chi connectivity index (χ3v) is 14.1. The Morgan fingerprint density at radius 2 is 1.43 bits per heavy atom. The molecule has 17 heteroatoms. The molecule has 1 saturated heterocycles. The molecule has 0 radical (unpaired) electrons. The fourth-order valence-corrected chi connectivity index (χ4v) is 10.7. The average molecular weight is 925 g/mol. The topological polar surface area (TPSA) is 253 Å². The number of nitrogens with two attached hydrogens (primary N) is 1. The molecule has 2 saturated carbocycles. The first kappa shape index (κ1) is 48.7. The van der Waals surface area contributed by atoms with Crippen molar-refractivity contribution in [3.05, 3.63) is 119 Å². The van der Waals surface area contributed by atoms with Crippen LogP contribution in [0.5, 0.6) is 0 Å². The van der Waals surface area contributed by atoms with Crippen molar-refractivity contribution in [1.29, 1.82) is 0 Å². The number of nitrogens with one attached hydrogen (secondary N) is 1. The third kappa shape index (κ3) is 8.65. The minimum absolute atomic E-state index is 0.0354. The van der Waals surface area contributed by atoms with Gasteiger partial charge in [0.25, 0.3) is 5.91 Å². The van der Waals surface area contributed by atoms with E-state index in [0.29, 0.717) is 5.56 Å². The summed E-state index contributed by atoms with van der Waals surface area (Å²) in [5.74, 6) is -7.85. The van der Waals surface area contributed by atoms with Gasteiger partial charge < -0.3 is 49.7 Å². The molecule has 0 unspecified atom stereocenters. The van der Waals surface area contributed by atoms with Gasteiger partial charge in [-0.05, 0) is 54.8 Å². The molecule has 1 heterocycles. The second kappa shape index (κ2) is 18.8. The summed E-state index contributed by atoms with van der Waals surface area (Å²) < 4.78 is 36.8. The molecule has 1 amide bonds. The summed E-state index contributed by atoms with van der Waals surface area (Å²) >= 11 is 0. The fraction of sp³-hybridized carbons (Fsp3) is 0.460. The Morgan fingerprint density at radius 3 is 1.99 bits per heavy atom. The SMILES string of the molecule is CC(=O)O[C@H]1C(=O)[C@]2(C)[C@@H](OC(=O)CCN)C[C@H]3OC[C@@]3(OC(C)=O)[C@H]2[C@H](OC(=O)c2ccccc2)[C@]2(O)C[C@H](OC(=O)[C@H](O)[C@@H](NC(=O)c3ccccc3)c3ccccc3)C(C)=C1C2(C)C. The Labute approximate surface area is 387 Å². The highest BCUT2D eigenvalue weighted by Crippen LogP contribution is 2.65. The average Bonchev–Trinajstić information content (AvgIpc) is 3.29. The Kier molecular flexibility index (Phi) is 13.6. The van der Waals surface area contributed by atoms with Gasteiger partial charge in [0.2, 0.25) is 0 Å². The summed E-state index contributed by atoms with van der Waals surface area (Å²) in [5.41, 5.74) is -1.65. The van der Waals surface area contributed by atoms with Gasteiger partial charge in [-0.1, -0.05) is 80.6 Å². The van der Waals surface area contributed by atoms with Crippen molar-refractivity contribution in [1.82, 2.24) is 5.32 Å². The van der Waals surface area contributed by atoms with Crippen LogP contribution in [0.15, 0.2) is 102 Å². The molecule has 5 N–H and O–H groups in total. The van der Waals surface area contributed by atoms with Gasteiger partial charge in [0, 0.05) is 44.2 Å². The van der Waals surface area contributed by atoms with Crippen LogP contribution in [-0.4, -0.2) is 113 Å². The van der Waals surface area contributed by atoms with E-state index in [4.69, 9.17) is 34.2 Å². The van der Waals surface area contributed by atoms with Crippen LogP contribution in [0.4, 0.5) is 0 Å². The van der Waals surface area contributed by atoms with Crippen molar-refractivity contribution >= 4 is 41.5 Å². The largest absolute Gasteiger partial charge is 0.461 e. The number of benzene rings is 3. The van der Waals surface area contributed by atoms with Crippen LogP contribution in [0.1, 0.15) is 93.1 Å². The number of esters is 5. The van der Waals surface area contributed by atoms with Crippen LogP contribution in [0.3, 0.4) is 0 Å². The van der Waals surface area contributed by atoms with Crippen molar-refractivity contribution < 1.29 is 72.2 Å². The number of carbonyl (C=O) groups is 7. The summed E-state index contributed by atoms with van der Waals surface area (Å²) in [6.45, 7) is 7.79. The maximum Gasteiger partial charge on any atom is 0.338 e.